The summed E-state index contributed by atoms with van der Waals surface area (Å²) in [6.07, 6.45) is 2.60. The predicted octanol–water partition coefficient (Wildman–Crippen LogP) is 5.51. The number of halogens is 2. The van der Waals surface area contributed by atoms with Gasteiger partial charge in [0.15, 0.2) is 5.82 Å². The molecule has 1 atom stereocenters. The van der Waals surface area contributed by atoms with Gasteiger partial charge in [-0.1, -0.05) is 51.4 Å². The molecule has 298 valence electrons. The number of hydrogen-bond donors (Lipinski definition) is 2. The standard InChI is InChI=1S/C43H46ClFN6O6/c1-42(2)40(43(3,4)41(42)57-28-13-12-27(24-46)30(44)23-28)48-36(53)26-10-8-25(9-11-26)7-5-6-18-49-19-21-50(22-20-49)31-15-14-29-34(35(31)45)39(56)51(38(29)55)32-16-17-33(52)47-37(32)54/h8-15,23,32,40-41H,5-7,16-22H2,1-4H3,(H,48,53)(H,47,52,54)/t32?,40-,41-. The maximum Gasteiger partial charge on any atom is 0.265 e. The molecule has 0 radical (unpaired) electrons. The summed E-state index contributed by atoms with van der Waals surface area (Å²) in [5.41, 5.74) is 1.25. The highest BCUT2D eigenvalue weighted by molar-refractivity contribution is 6.31. The third kappa shape index (κ3) is 7.48. The molecule has 1 aliphatic carbocycles. The third-order valence-corrected chi connectivity index (χ3v) is 12.4. The molecule has 0 aromatic heterocycles. The fraction of sp³-hybridized carbons (Fsp3) is 0.442. The zero-order valence-corrected chi connectivity index (χ0v) is 33.2. The van der Waals surface area contributed by atoms with Crippen LogP contribution >= 0.6 is 11.6 Å². The fourth-order valence-electron chi connectivity index (χ4n) is 9.26. The van der Waals surface area contributed by atoms with E-state index in [1.54, 1.807) is 18.2 Å². The maximum atomic E-state index is 15.9. The SMILES string of the molecule is CC1(C)[C@H](NC(=O)c2ccc(CCCCN3CCN(c4ccc5c(c4F)C(=O)N(C4CCC(=O)NC4=O)C5=O)CC3)cc2)C(C)(C)[C@H]1Oc1ccc(C#N)c(Cl)c1. The number of unbranched alkanes of at least 4 members (excludes halogenated alkanes) is 1. The highest BCUT2D eigenvalue weighted by Gasteiger charge is 2.64. The molecule has 57 heavy (non-hydrogen) atoms. The Bertz CT molecular complexity index is 2160. The summed E-state index contributed by atoms with van der Waals surface area (Å²) in [5, 5.41) is 14.9. The van der Waals surface area contributed by atoms with Crippen molar-refractivity contribution in [3.05, 3.63) is 93.3 Å². The smallest absolute Gasteiger partial charge is 0.265 e. The molecule has 7 rings (SSSR count). The number of nitrogens with one attached hydrogen (secondary N) is 2. The summed E-state index contributed by atoms with van der Waals surface area (Å²) in [6.45, 7) is 11.7. The Labute approximate surface area is 336 Å². The largest absolute Gasteiger partial charge is 0.489 e. The van der Waals surface area contributed by atoms with Gasteiger partial charge in [0, 0.05) is 61.1 Å². The third-order valence-electron chi connectivity index (χ3n) is 12.1. The number of imide groups is 2. The second-order valence-electron chi connectivity index (χ2n) is 16.6. The summed E-state index contributed by atoms with van der Waals surface area (Å²) >= 11 is 6.23. The van der Waals surface area contributed by atoms with E-state index in [1.165, 1.54) is 12.1 Å². The number of piperazine rings is 1. The van der Waals surface area contributed by atoms with E-state index >= 15 is 4.39 Å². The molecule has 3 aliphatic heterocycles. The van der Waals surface area contributed by atoms with Crippen LogP contribution in [0.4, 0.5) is 10.1 Å². The van der Waals surface area contributed by atoms with Crippen molar-refractivity contribution in [2.75, 3.05) is 37.6 Å². The number of nitrogens with zero attached hydrogens (tertiary/aromatic N) is 4. The minimum atomic E-state index is -1.15. The monoisotopic (exact) mass is 796 g/mol. The van der Waals surface area contributed by atoms with Crippen molar-refractivity contribution in [2.45, 2.75) is 78.0 Å². The molecular weight excluding hydrogens is 751 g/mol. The van der Waals surface area contributed by atoms with Gasteiger partial charge in [0.05, 0.1) is 27.4 Å². The minimum Gasteiger partial charge on any atom is -0.489 e. The molecule has 0 spiro atoms. The number of benzene rings is 3. The van der Waals surface area contributed by atoms with Crippen molar-refractivity contribution in [1.29, 1.82) is 5.26 Å². The van der Waals surface area contributed by atoms with Gasteiger partial charge < -0.3 is 15.0 Å². The Morgan fingerprint density at radius 2 is 1.67 bits per heavy atom. The van der Waals surface area contributed by atoms with E-state index in [4.69, 9.17) is 16.3 Å². The summed E-state index contributed by atoms with van der Waals surface area (Å²) in [6, 6.07) is 16.5. The number of carbonyl (C=O) groups excluding carboxylic acids is 5. The molecule has 2 saturated heterocycles. The van der Waals surface area contributed by atoms with E-state index in [2.05, 4.69) is 49.3 Å². The van der Waals surface area contributed by atoms with E-state index < -0.39 is 35.5 Å². The lowest BCUT2D eigenvalue weighted by molar-refractivity contribution is -0.164. The molecule has 2 N–H and O–H groups in total. The number of carbonyl (C=O) groups is 5. The van der Waals surface area contributed by atoms with Gasteiger partial charge in [-0.3, -0.25) is 39.1 Å². The van der Waals surface area contributed by atoms with Crippen LogP contribution in [0.25, 0.3) is 0 Å². The molecule has 14 heteroatoms. The first-order chi connectivity index (χ1) is 27.1. The normalized spacial score (nSPS) is 22.7. The maximum absolute atomic E-state index is 15.9. The average molecular weight is 797 g/mol. The summed E-state index contributed by atoms with van der Waals surface area (Å²) in [7, 11) is 0. The highest BCUT2D eigenvalue weighted by atomic mass is 35.5. The van der Waals surface area contributed by atoms with Crippen LogP contribution in [-0.4, -0.2) is 90.2 Å². The van der Waals surface area contributed by atoms with Crippen LogP contribution in [0, 0.1) is 28.0 Å². The van der Waals surface area contributed by atoms with Crippen molar-refractivity contribution in [2.24, 2.45) is 10.8 Å². The van der Waals surface area contributed by atoms with Gasteiger partial charge in [0.1, 0.15) is 24.0 Å². The Hall–Kier alpha value is -5.32. The Morgan fingerprint density at radius 3 is 2.32 bits per heavy atom. The molecule has 0 bridgehead atoms. The molecular formula is C43H46ClFN6O6. The molecule has 12 nitrogen and oxygen atoms in total. The van der Waals surface area contributed by atoms with E-state index in [-0.39, 0.29) is 58.5 Å². The highest BCUT2D eigenvalue weighted by Crippen LogP contribution is 2.55. The zero-order chi connectivity index (χ0) is 40.8. The molecule has 3 fully saturated rings. The summed E-state index contributed by atoms with van der Waals surface area (Å²) < 4.78 is 22.2. The van der Waals surface area contributed by atoms with Crippen LogP contribution < -0.4 is 20.3 Å². The van der Waals surface area contributed by atoms with Crippen LogP contribution in [0.3, 0.4) is 0 Å². The molecule has 5 amide bonds. The van der Waals surface area contributed by atoms with Crippen molar-refractivity contribution in [3.63, 3.8) is 0 Å². The Balaban J connectivity index is 0.854. The zero-order valence-electron chi connectivity index (χ0n) is 32.5. The fourth-order valence-corrected chi connectivity index (χ4v) is 9.47. The van der Waals surface area contributed by atoms with E-state index in [1.807, 2.05) is 29.2 Å². The predicted molar refractivity (Wildman–Crippen MR) is 211 cm³/mol. The van der Waals surface area contributed by atoms with Gasteiger partial charge in [-0.2, -0.15) is 5.26 Å². The van der Waals surface area contributed by atoms with Crippen LogP contribution in [0.2, 0.25) is 5.02 Å². The number of aryl methyl sites for hydroxylation is 1. The first-order valence-corrected chi connectivity index (χ1v) is 19.8. The first kappa shape index (κ1) is 39.9. The first-order valence-electron chi connectivity index (χ1n) is 19.4. The number of fused-ring (bicyclic) bond motifs is 1. The quantitative estimate of drug-likeness (QED) is 0.189. The molecule has 1 unspecified atom stereocenters. The molecule has 3 heterocycles. The Morgan fingerprint density at radius 1 is 0.965 bits per heavy atom. The average Bonchev–Trinajstić information content (AvgIpc) is 3.44. The van der Waals surface area contributed by atoms with E-state index in [0.717, 1.165) is 36.3 Å². The van der Waals surface area contributed by atoms with Crippen molar-refractivity contribution < 1.29 is 33.1 Å². The van der Waals surface area contributed by atoms with Crippen LogP contribution in [0.1, 0.15) is 95.6 Å². The second-order valence-corrected chi connectivity index (χ2v) is 17.0. The van der Waals surface area contributed by atoms with E-state index in [0.29, 0.717) is 48.1 Å². The lowest BCUT2D eigenvalue weighted by atomic mass is 9.49. The molecule has 1 saturated carbocycles. The van der Waals surface area contributed by atoms with Gasteiger partial charge >= 0.3 is 0 Å². The van der Waals surface area contributed by atoms with Crippen molar-refractivity contribution in [3.8, 4) is 11.8 Å². The van der Waals surface area contributed by atoms with Crippen molar-refractivity contribution in [1.82, 2.24) is 20.4 Å². The van der Waals surface area contributed by atoms with Gasteiger partial charge in [0.25, 0.3) is 17.7 Å². The lowest BCUT2D eigenvalue weighted by Gasteiger charge is -2.63. The summed E-state index contributed by atoms with van der Waals surface area (Å²) in [5.74, 6) is -3.10. The molecule has 3 aromatic rings. The van der Waals surface area contributed by atoms with Gasteiger partial charge in [0.2, 0.25) is 11.8 Å². The number of rotatable bonds is 11. The van der Waals surface area contributed by atoms with Crippen LogP contribution in [0.5, 0.6) is 5.75 Å². The Kier molecular flexibility index (Phi) is 10.9. The number of ether oxygens (including phenoxy) is 1. The van der Waals surface area contributed by atoms with Gasteiger partial charge in [-0.05, 0) is 74.2 Å². The van der Waals surface area contributed by atoms with Crippen molar-refractivity contribution >= 4 is 46.8 Å². The number of anilines is 1. The van der Waals surface area contributed by atoms with Gasteiger partial charge in [-0.15, -0.1) is 0 Å². The number of piperidine rings is 1. The van der Waals surface area contributed by atoms with Gasteiger partial charge in [-0.25, -0.2) is 4.39 Å². The minimum absolute atomic E-state index is 0.00660. The molecule has 4 aliphatic rings. The molecule has 3 aromatic carbocycles. The van der Waals surface area contributed by atoms with Crippen LogP contribution in [-0.2, 0) is 16.0 Å². The number of hydrogen-bond acceptors (Lipinski definition) is 9. The topological polar surface area (TPSA) is 152 Å². The van der Waals surface area contributed by atoms with E-state index in [9.17, 15) is 29.2 Å². The lowest BCUT2D eigenvalue weighted by Crippen LogP contribution is -2.74. The second kappa shape index (κ2) is 15.6. The number of nitriles is 1. The van der Waals surface area contributed by atoms with Crippen LogP contribution in [0.15, 0.2) is 54.6 Å². The number of amides is 5. The summed E-state index contributed by atoms with van der Waals surface area (Å²) in [4.78, 5) is 68.6.